The molecule has 0 radical (unpaired) electrons. The lowest BCUT2D eigenvalue weighted by molar-refractivity contribution is 0.650. The molecule has 2 aromatic rings. The molecule has 4 heteroatoms. The molecule has 0 fully saturated rings. The molecule has 1 N–H and O–H groups in total. The van der Waals surface area contributed by atoms with E-state index in [2.05, 4.69) is 35.5 Å². The number of aryl methyl sites for hydroxylation is 2. The van der Waals surface area contributed by atoms with E-state index in [9.17, 15) is 0 Å². The second-order valence-corrected chi connectivity index (χ2v) is 4.99. The van der Waals surface area contributed by atoms with Crippen molar-refractivity contribution in [3.8, 4) is 0 Å². The van der Waals surface area contributed by atoms with E-state index in [4.69, 9.17) is 0 Å². The lowest BCUT2D eigenvalue weighted by Gasteiger charge is -2.11. The van der Waals surface area contributed by atoms with Gasteiger partial charge in [0.15, 0.2) is 0 Å². The third-order valence-electron chi connectivity index (χ3n) is 2.63. The molecule has 2 heterocycles. The predicted molar refractivity (Wildman–Crippen MR) is 67.8 cm³/mol. The monoisotopic (exact) mass is 235 g/mol. The van der Waals surface area contributed by atoms with Crippen LogP contribution in [-0.4, -0.2) is 16.8 Å². The van der Waals surface area contributed by atoms with E-state index in [0.717, 1.165) is 12.1 Å². The van der Waals surface area contributed by atoms with Gasteiger partial charge in [-0.05, 0) is 31.7 Å². The molecule has 0 saturated carbocycles. The van der Waals surface area contributed by atoms with Crippen LogP contribution in [0.15, 0.2) is 24.4 Å². The Labute approximate surface area is 100 Å². The molecule has 0 aliphatic heterocycles. The SMILES string of the molecule is CCc1ccc(C(NC)c2ccn(C)n2)s1. The molecule has 0 aromatic carbocycles. The lowest BCUT2D eigenvalue weighted by atomic mass is 10.2. The van der Waals surface area contributed by atoms with Gasteiger partial charge in [0, 0.05) is 23.0 Å². The topological polar surface area (TPSA) is 29.9 Å². The Kier molecular flexibility index (Phi) is 3.41. The molecule has 86 valence electrons. The molecule has 3 nitrogen and oxygen atoms in total. The highest BCUT2D eigenvalue weighted by Crippen LogP contribution is 2.27. The zero-order valence-corrected chi connectivity index (χ0v) is 10.7. The zero-order valence-electron chi connectivity index (χ0n) is 9.90. The van der Waals surface area contributed by atoms with Gasteiger partial charge in [0.1, 0.15) is 0 Å². The second kappa shape index (κ2) is 4.80. The molecular formula is C12H17N3S. The van der Waals surface area contributed by atoms with E-state index < -0.39 is 0 Å². The molecule has 1 atom stereocenters. The van der Waals surface area contributed by atoms with Crippen LogP contribution in [0.25, 0.3) is 0 Å². The maximum Gasteiger partial charge on any atom is 0.0861 e. The average Bonchev–Trinajstić information content (AvgIpc) is 2.89. The first-order valence-corrected chi connectivity index (χ1v) is 6.31. The van der Waals surface area contributed by atoms with E-state index in [1.807, 2.05) is 36.3 Å². The maximum absolute atomic E-state index is 4.45. The predicted octanol–water partition coefficient (Wildman–Crippen LogP) is 2.35. The molecule has 0 aliphatic rings. The van der Waals surface area contributed by atoms with Gasteiger partial charge in [-0.3, -0.25) is 4.68 Å². The van der Waals surface area contributed by atoms with Crippen molar-refractivity contribution in [2.45, 2.75) is 19.4 Å². The van der Waals surface area contributed by atoms with Crippen LogP contribution >= 0.6 is 11.3 Å². The molecule has 1 unspecified atom stereocenters. The van der Waals surface area contributed by atoms with Crippen LogP contribution in [0.1, 0.15) is 28.4 Å². The highest BCUT2D eigenvalue weighted by Gasteiger charge is 2.16. The summed E-state index contributed by atoms with van der Waals surface area (Å²) in [7, 11) is 3.92. The number of nitrogens with one attached hydrogen (secondary N) is 1. The van der Waals surface area contributed by atoms with Crippen molar-refractivity contribution in [2.75, 3.05) is 7.05 Å². The minimum absolute atomic E-state index is 0.214. The van der Waals surface area contributed by atoms with Gasteiger partial charge in [0.2, 0.25) is 0 Å². The van der Waals surface area contributed by atoms with Gasteiger partial charge in [0.25, 0.3) is 0 Å². The van der Waals surface area contributed by atoms with Gasteiger partial charge in [-0.25, -0.2) is 0 Å². The van der Waals surface area contributed by atoms with Crippen molar-refractivity contribution in [2.24, 2.45) is 7.05 Å². The fourth-order valence-electron chi connectivity index (χ4n) is 1.76. The van der Waals surface area contributed by atoms with E-state index in [0.29, 0.717) is 0 Å². The summed E-state index contributed by atoms with van der Waals surface area (Å²) in [4.78, 5) is 2.75. The zero-order chi connectivity index (χ0) is 11.5. The smallest absolute Gasteiger partial charge is 0.0861 e. The fourth-order valence-corrected chi connectivity index (χ4v) is 2.84. The summed E-state index contributed by atoms with van der Waals surface area (Å²) < 4.78 is 1.84. The first-order chi connectivity index (χ1) is 7.74. The molecule has 16 heavy (non-hydrogen) atoms. The third kappa shape index (κ3) is 2.18. The number of rotatable bonds is 4. The normalized spacial score (nSPS) is 12.9. The summed E-state index contributed by atoms with van der Waals surface area (Å²) in [5.74, 6) is 0. The lowest BCUT2D eigenvalue weighted by Crippen LogP contribution is -2.17. The quantitative estimate of drug-likeness (QED) is 0.881. The number of aromatic nitrogens is 2. The summed E-state index contributed by atoms with van der Waals surface area (Å²) in [5.41, 5.74) is 1.08. The van der Waals surface area contributed by atoms with Gasteiger partial charge in [0.05, 0.1) is 11.7 Å². The molecular weight excluding hydrogens is 218 g/mol. The number of hydrogen-bond donors (Lipinski definition) is 1. The largest absolute Gasteiger partial charge is 0.307 e. The van der Waals surface area contributed by atoms with Crippen molar-refractivity contribution in [1.29, 1.82) is 0 Å². The molecule has 0 amide bonds. The minimum atomic E-state index is 0.214. The van der Waals surface area contributed by atoms with Crippen LogP contribution in [0.3, 0.4) is 0 Å². The number of hydrogen-bond acceptors (Lipinski definition) is 3. The Morgan fingerprint density at radius 3 is 2.75 bits per heavy atom. The highest BCUT2D eigenvalue weighted by molar-refractivity contribution is 7.12. The highest BCUT2D eigenvalue weighted by atomic mass is 32.1. The number of thiophene rings is 1. The molecule has 2 rings (SSSR count). The van der Waals surface area contributed by atoms with E-state index in [-0.39, 0.29) is 6.04 Å². The molecule has 0 spiro atoms. The molecule has 0 bridgehead atoms. The molecule has 0 aliphatic carbocycles. The van der Waals surface area contributed by atoms with Crippen molar-refractivity contribution >= 4 is 11.3 Å². The van der Waals surface area contributed by atoms with Crippen LogP contribution in [0.4, 0.5) is 0 Å². The third-order valence-corrected chi connectivity index (χ3v) is 3.93. The van der Waals surface area contributed by atoms with Crippen molar-refractivity contribution in [1.82, 2.24) is 15.1 Å². The van der Waals surface area contributed by atoms with Crippen LogP contribution in [0, 0.1) is 0 Å². The van der Waals surface area contributed by atoms with E-state index in [1.165, 1.54) is 9.75 Å². The Hall–Kier alpha value is -1.13. The van der Waals surface area contributed by atoms with Crippen LogP contribution in [0.2, 0.25) is 0 Å². The van der Waals surface area contributed by atoms with Gasteiger partial charge in [-0.2, -0.15) is 5.10 Å². The standard InChI is InChI=1S/C12H17N3S/c1-4-9-5-6-11(16-9)12(13-2)10-7-8-15(3)14-10/h5-8,12-13H,4H2,1-3H3. The summed E-state index contributed by atoms with van der Waals surface area (Å²) in [5, 5.41) is 7.77. The fraction of sp³-hybridized carbons (Fsp3) is 0.417. The first-order valence-electron chi connectivity index (χ1n) is 5.50. The van der Waals surface area contributed by atoms with E-state index >= 15 is 0 Å². The minimum Gasteiger partial charge on any atom is -0.307 e. The van der Waals surface area contributed by atoms with Gasteiger partial charge < -0.3 is 5.32 Å². The Morgan fingerprint density at radius 2 is 2.25 bits per heavy atom. The van der Waals surface area contributed by atoms with Crippen molar-refractivity contribution in [3.63, 3.8) is 0 Å². The summed E-state index contributed by atoms with van der Waals surface area (Å²) in [6, 6.07) is 6.67. The average molecular weight is 235 g/mol. The van der Waals surface area contributed by atoms with Crippen LogP contribution < -0.4 is 5.32 Å². The summed E-state index contributed by atoms with van der Waals surface area (Å²) >= 11 is 1.86. The molecule has 2 aromatic heterocycles. The van der Waals surface area contributed by atoms with Crippen LogP contribution in [-0.2, 0) is 13.5 Å². The first kappa shape index (κ1) is 11.4. The van der Waals surface area contributed by atoms with Crippen molar-refractivity contribution < 1.29 is 0 Å². The summed E-state index contributed by atoms with van der Waals surface area (Å²) in [6.45, 7) is 2.19. The summed E-state index contributed by atoms with van der Waals surface area (Å²) in [6.07, 6.45) is 3.08. The Morgan fingerprint density at radius 1 is 1.44 bits per heavy atom. The maximum atomic E-state index is 4.45. The number of nitrogens with zero attached hydrogens (tertiary/aromatic N) is 2. The van der Waals surface area contributed by atoms with E-state index in [1.54, 1.807) is 0 Å². The van der Waals surface area contributed by atoms with Crippen molar-refractivity contribution in [3.05, 3.63) is 39.8 Å². The van der Waals surface area contributed by atoms with Crippen LogP contribution in [0.5, 0.6) is 0 Å². The Bertz CT molecular complexity index is 458. The Balaban J connectivity index is 2.28. The van der Waals surface area contributed by atoms with Gasteiger partial charge >= 0.3 is 0 Å². The van der Waals surface area contributed by atoms with Gasteiger partial charge in [-0.1, -0.05) is 6.92 Å². The van der Waals surface area contributed by atoms with Gasteiger partial charge in [-0.15, -0.1) is 11.3 Å². The second-order valence-electron chi connectivity index (χ2n) is 3.79. The molecule has 0 saturated heterocycles.